The summed E-state index contributed by atoms with van der Waals surface area (Å²) in [6.45, 7) is 0. The van der Waals surface area contributed by atoms with Gasteiger partial charge in [0, 0.05) is 5.69 Å². The summed E-state index contributed by atoms with van der Waals surface area (Å²) in [5.41, 5.74) is 3.41. The van der Waals surface area contributed by atoms with Gasteiger partial charge in [-0.1, -0.05) is 30.3 Å². The highest BCUT2D eigenvalue weighted by molar-refractivity contribution is 5.94. The van der Waals surface area contributed by atoms with Gasteiger partial charge in [-0.2, -0.15) is 0 Å². The van der Waals surface area contributed by atoms with Crippen molar-refractivity contribution in [3.8, 4) is 0 Å². The van der Waals surface area contributed by atoms with Gasteiger partial charge >= 0.3 is 12.0 Å². The van der Waals surface area contributed by atoms with Crippen molar-refractivity contribution in [2.75, 3.05) is 12.4 Å². The number of ether oxygens (including phenoxy) is 1. The van der Waals surface area contributed by atoms with E-state index in [4.69, 9.17) is 0 Å². The van der Waals surface area contributed by atoms with Gasteiger partial charge in [0.2, 0.25) is 0 Å². The Morgan fingerprint density at radius 3 is 2.78 bits per heavy atom. The van der Waals surface area contributed by atoms with E-state index in [2.05, 4.69) is 21.4 Å². The van der Waals surface area contributed by atoms with E-state index in [1.165, 1.54) is 18.2 Å². The minimum Gasteiger partial charge on any atom is -0.465 e. The van der Waals surface area contributed by atoms with E-state index in [1.807, 2.05) is 18.2 Å². The fourth-order valence-electron chi connectivity index (χ4n) is 2.87. The third-order valence-electron chi connectivity index (χ3n) is 3.98. The van der Waals surface area contributed by atoms with Crippen LogP contribution >= 0.6 is 0 Å². The van der Waals surface area contributed by atoms with Crippen molar-refractivity contribution in [2.45, 2.75) is 18.9 Å². The van der Waals surface area contributed by atoms with E-state index < -0.39 is 5.97 Å². The van der Waals surface area contributed by atoms with Gasteiger partial charge in [0.15, 0.2) is 0 Å². The Labute approximate surface area is 134 Å². The van der Waals surface area contributed by atoms with Crippen LogP contribution in [0, 0.1) is 0 Å². The number of carbonyl (C=O) groups excluding carboxylic acids is 2. The quantitative estimate of drug-likeness (QED) is 0.855. The summed E-state index contributed by atoms with van der Waals surface area (Å²) >= 11 is 0. The highest BCUT2D eigenvalue weighted by atomic mass is 16.5. The number of carbonyl (C=O) groups is 2. The van der Waals surface area contributed by atoms with Crippen LogP contribution in [0.1, 0.15) is 33.9 Å². The fraction of sp³-hybridized carbons (Fsp3) is 0.222. The number of hydrogen-bond acceptors (Lipinski definition) is 3. The molecule has 1 aliphatic carbocycles. The summed E-state index contributed by atoms with van der Waals surface area (Å²) in [7, 11) is 1.33. The van der Waals surface area contributed by atoms with Crippen LogP contribution < -0.4 is 10.6 Å². The smallest absolute Gasteiger partial charge is 0.337 e. The van der Waals surface area contributed by atoms with E-state index >= 15 is 0 Å². The lowest BCUT2D eigenvalue weighted by atomic mass is 10.1. The zero-order chi connectivity index (χ0) is 16.2. The maximum Gasteiger partial charge on any atom is 0.337 e. The number of urea groups is 1. The Bertz CT molecular complexity index is 743. The van der Waals surface area contributed by atoms with Gasteiger partial charge in [-0.25, -0.2) is 9.59 Å². The van der Waals surface area contributed by atoms with Gasteiger partial charge in [-0.3, -0.25) is 0 Å². The number of benzene rings is 2. The van der Waals surface area contributed by atoms with Crippen LogP contribution in [0.4, 0.5) is 10.5 Å². The van der Waals surface area contributed by atoms with E-state index in [1.54, 1.807) is 24.3 Å². The topological polar surface area (TPSA) is 67.4 Å². The molecule has 2 N–H and O–H groups in total. The second kappa shape index (κ2) is 6.52. The average Bonchev–Trinajstić information content (AvgIpc) is 2.97. The lowest BCUT2D eigenvalue weighted by Gasteiger charge is -2.15. The standard InChI is InChI=1S/C18H18N2O3/c1-23-17(21)13-6-4-7-14(11-13)19-18(22)20-16-10-9-12-5-2-3-8-15(12)16/h2-8,11,16H,9-10H2,1H3,(H2,19,20,22). The third kappa shape index (κ3) is 3.34. The zero-order valence-corrected chi connectivity index (χ0v) is 12.8. The largest absolute Gasteiger partial charge is 0.465 e. The Hall–Kier alpha value is -2.82. The number of anilines is 1. The van der Waals surface area contributed by atoms with Crippen molar-refractivity contribution in [3.05, 3.63) is 65.2 Å². The Balaban J connectivity index is 1.66. The molecule has 0 bridgehead atoms. The highest BCUT2D eigenvalue weighted by Crippen LogP contribution is 2.30. The van der Waals surface area contributed by atoms with Gasteiger partial charge < -0.3 is 15.4 Å². The van der Waals surface area contributed by atoms with E-state index in [0.29, 0.717) is 11.3 Å². The SMILES string of the molecule is COC(=O)c1cccc(NC(=O)NC2CCc3ccccc32)c1. The number of methoxy groups -OCH3 is 1. The average molecular weight is 310 g/mol. The van der Waals surface area contributed by atoms with E-state index in [-0.39, 0.29) is 12.1 Å². The van der Waals surface area contributed by atoms with Crippen LogP contribution in [-0.2, 0) is 11.2 Å². The Kier molecular flexibility index (Phi) is 4.28. The second-order valence-electron chi connectivity index (χ2n) is 5.46. The molecule has 0 aliphatic heterocycles. The van der Waals surface area contributed by atoms with Crippen molar-refractivity contribution >= 4 is 17.7 Å². The summed E-state index contributed by atoms with van der Waals surface area (Å²) in [5.74, 6) is -0.432. The number of rotatable bonds is 3. The maximum absolute atomic E-state index is 12.2. The molecular formula is C18H18N2O3. The number of hydrogen-bond donors (Lipinski definition) is 2. The maximum atomic E-state index is 12.2. The molecule has 2 aromatic carbocycles. The van der Waals surface area contributed by atoms with Crippen molar-refractivity contribution in [1.29, 1.82) is 0 Å². The van der Waals surface area contributed by atoms with Crippen LogP contribution in [0.25, 0.3) is 0 Å². The molecule has 1 unspecified atom stereocenters. The molecule has 0 aromatic heterocycles. The lowest BCUT2D eigenvalue weighted by molar-refractivity contribution is 0.0600. The molecule has 1 aliphatic rings. The van der Waals surface area contributed by atoms with Gasteiger partial charge in [-0.15, -0.1) is 0 Å². The molecular weight excluding hydrogens is 292 g/mol. The first-order valence-corrected chi connectivity index (χ1v) is 7.51. The number of nitrogens with one attached hydrogen (secondary N) is 2. The van der Waals surface area contributed by atoms with Crippen LogP contribution in [0.3, 0.4) is 0 Å². The second-order valence-corrected chi connectivity index (χ2v) is 5.46. The predicted molar refractivity (Wildman–Crippen MR) is 87.4 cm³/mol. The molecule has 3 rings (SSSR count). The normalized spacial score (nSPS) is 15.6. The molecule has 0 saturated carbocycles. The molecule has 118 valence electrons. The molecule has 0 radical (unpaired) electrons. The first-order valence-electron chi connectivity index (χ1n) is 7.51. The van der Waals surface area contributed by atoms with Gasteiger partial charge in [-0.05, 0) is 42.2 Å². The molecule has 0 spiro atoms. The molecule has 23 heavy (non-hydrogen) atoms. The lowest BCUT2D eigenvalue weighted by Crippen LogP contribution is -2.31. The summed E-state index contributed by atoms with van der Waals surface area (Å²) < 4.78 is 4.68. The van der Waals surface area contributed by atoms with Crippen molar-refractivity contribution in [1.82, 2.24) is 5.32 Å². The Morgan fingerprint density at radius 1 is 1.13 bits per heavy atom. The number of aryl methyl sites for hydroxylation is 1. The van der Waals surface area contributed by atoms with Crippen molar-refractivity contribution < 1.29 is 14.3 Å². The van der Waals surface area contributed by atoms with E-state index in [0.717, 1.165) is 12.8 Å². The molecule has 5 nitrogen and oxygen atoms in total. The number of esters is 1. The van der Waals surface area contributed by atoms with Crippen LogP contribution in [0.5, 0.6) is 0 Å². The predicted octanol–water partition coefficient (Wildman–Crippen LogP) is 3.28. The zero-order valence-electron chi connectivity index (χ0n) is 12.8. The van der Waals surface area contributed by atoms with Crippen LogP contribution in [0.2, 0.25) is 0 Å². The van der Waals surface area contributed by atoms with Crippen molar-refractivity contribution in [3.63, 3.8) is 0 Å². The van der Waals surface area contributed by atoms with Crippen molar-refractivity contribution in [2.24, 2.45) is 0 Å². The summed E-state index contributed by atoms with van der Waals surface area (Å²) in [4.78, 5) is 23.7. The van der Waals surface area contributed by atoms with Gasteiger partial charge in [0.05, 0.1) is 18.7 Å². The van der Waals surface area contributed by atoms with Gasteiger partial charge in [0.1, 0.15) is 0 Å². The molecule has 0 heterocycles. The number of fused-ring (bicyclic) bond motifs is 1. The van der Waals surface area contributed by atoms with Crippen LogP contribution in [-0.4, -0.2) is 19.1 Å². The molecule has 1 atom stereocenters. The molecule has 2 aromatic rings. The molecule has 0 saturated heterocycles. The summed E-state index contributed by atoms with van der Waals surface area (Å²) in [6.07, 6.45) is 1.87. The third-order valence-corrected chi connectivity index (χ3v) is 3.98. The monoisotopic (exact) mass is 310 g/mol. The fourth-order valence-corrected chi connectivity index (χ4v) is 2.87. The first kappa shape index (κ1) is 15.1. The Morgan fingerprint density at radius 2 is 1.96 bits per heavy atom. The number of amides is 2. The minimum absolute atomic E-state index is 0.0231. The molecule has 5 heteroatoms. The summed E-state index contributed by atoms with van der Waals surface area (Å²) in [6, 6.07) is 14.5. The summed E-state index contributed by atoms with van der Waals surface area (Å²) in [5, 5.41) is 5.74. The first-order chi connectivity index (χ1) is 11.2. The van der Waals surface area contributed by atoms with Crippen LogP contribution in [0.15, 0.2) is 48.5 Å². The molecule has 2 amide bonds. The highest BCUT2D eigenvalue weighted by Gasteiger charge is 2.23. The van der Waals surface area contributed by atoms with E-state index in [9.17, 15) is 9.59 Å². The minimum atomic E-state index is -0.432. The van der Waals surface area contributed by atoms with Gasteiger partial charge in [0.25, 0.3) is 0 Å². The molecule has 0 fully saturated rings.